The number of hydrogen-bond acceptors (Lipinski definition) is 3. The molecule has 0 atom stereocenters. The van der Waals surface area contributed by atoms with Crippen molar-refractivity contribution in [1.29, 1.82) is 0 Å². The summed E-state index contributed by atoms with van der Waals surface area (Å²) in [4.78, 5) is 23.0. The lowest BCUT2D eigenvalue weighted by molar-refractivity contribution is -0.119. The fraction of sp³-hybridized carbons (Fsp3) is 0.0625. The highest BCUT2D eigenvalue weighted by Crippen LogP contribution is 2.20. The minimum atomic E-state index is -1.15. The van der Waals surface area contributed by atoms with Crippen molar-refractivity contribution < 1.29 is 14.7 Å². The molecule has 124 valence electrons. The number of nitrogens with one attached hydrogen (secondary N) is 2. The van der Waals surface area contributed by atoms with E-state index in [2.05, 4.69) is 10.6 Å². The summed E-state index contributed by atoms with van der Waals surface area (Å²) < 4.78 is 0. The van der Waals surface area contributed by atoms with Gasteiger partial charge in [0.2, 0.25) is 5.91 Å². The number of rotatable bonds is 4. The van der Waals surface area contributed by atoms with E-state index < -0.39 is 5.97 Å². The molecule has 2 rings (SSSR count). The van der Waals surface area contributed by atoms with E-state index in [1.807, 2.05) is 0 Å². The van der Waals surface area contributed by atoms with Crippen LogP contribution in [0.2, 0.25) is 10.0 Å². The SMILES string of the molecule is O=C(Cc1ccc(Cl)cc1)NC(=S)Nc1ccc(Cl)c(C(=O)O)c1. The number of anilines is 1. The van der Waals surface area contributed by atoms with E-state index in [0.29, 0.717) is 10.7 Å². The van der Waals surface area contributed by atoms with Crippen LogP contribution in [0, 0.1) is 0 Å². The first kappa shape index (κ1) is 18.2. The number of carbonyl (C=O) groups excluding carboxylic acids is 1. The van der Waals surface area contributed by atoms with Crippen LogP contribution in [0.25, 0.3) is 0 Å². The van der Waals surface area contributed by atoms with Crippen molar-refractivity contribution >= 4 is 58.1 Å². The van der Waals surface area contributed by atoms with Crippen molar-refractivity contribution in [3.05, 3.63) is 63.6 Å². The number of aromatic carboxylic acids is 1. The van der Waals surface area contributed by atoms with E-state index in [4.69, 9.17) is 40.5 Å². The van der Waals surface area contributed by atoms with Gasteiger partial charge in [-0.25, -0.2) is 4.79 Å². The van der Waals surface area contributed by atoms with Crippen molar-refractivity contribution in [2.75, 3.05) is 5.32 Å². The lowest BCUT2D eigenvalue weighted by atomic mass is 10.1. The van der Waals surface area contributed by atoms with Gasteiger partial charge in [-0.2, -0.15) is 0 Å². The first-order chi connectivity index (χ1) is 11.3. The van der Waals surface area contributed by atoms with E-state index in [0.717, 1.165) is 5.56 Å². The Hall–Kier alpha value is -2.15. The second-order valence-corrected chi connectivity index (χ2v) is 6.06. The van der Waals surface area contributed by atoms with Crippen LogP contribution in [0.5, 0.6) is 0 Å². The largest absolute Gasteiger partial charge is 0.478 e. The van der Waals surface area contributed by atoms with E-state index in [1.165, 1.54) is 12.1 Å². The van der Waals surface area contributed by atoms with E-state index in [9.17, 15) is 9.59 Å². The number of halogens is 2. The first-order valence-corrected chi connectivity index (χ1v) is 7.89. The standard InChI is InChI=1S/C16H12Cl2N2O3S/c17-10-3-1-9(2-4-10)7-14(21)20-16(24)19-11-5-6-13(18)12(8-11)15(22)23/h1-6,8H,7H2,(H,22,23)(H2,19,20,21,24). The Morgan fingerprint density at radius 3 is 2.38 bits per heavy atom. The fourth-order valence-electron chi connectivity index (χ4n) is 1.89. The third-order valence-electron chi connectivity index (χ3n) is 2.99. The molecule has 0 aromatic heterocycles. The summed E-state index contributed by atoms with van der Waals surface area (Å²) in [5, 5.41) is 15.1. The Kier molecular flexibility index (Phi) is 6.14. The number of amides is 1. The van der Waals surface area contributed by atoms with E-state index in [1.54, 1.807) is 30.3 Å². The maximum Gasteiger partial charge on any atom is 0.337 e. The van der Waals surface area contributed by atoms with Crippen LogP contribution in [0.1, 0.15) is 15.9 Å². The van der Waals surface area contributed by atoms with Gasteiger partial charge in [0.25, 0.3) is 0 Å². The van der Waals surface area contributed by atoms with Gasteiger partial charge in [-0.3, -0.25) is 4.79 Å². The quantitative estimate of drug-likeness (QED) is 0.701. The highest BCUT2D eigenvalue weighted by molar-refractivity contribution is 7.80. The molecule has 3 N–H and O–H groups in total. The molecular weight excluding hydrogens is 371 g/mol. The molecule has 0 aliphatic heterocycles. The summed E-state index contributed by atoms with van der Waals surface area (Å²) in [5.74, 6) is -1.46. The smallest absolute Gasteiger partial charge is 0.337 e. The molecule has 0 aliphatic rings. The van der Waals surface area contributed by atoms with E-state index >= 15 is 0 Å². The van der Waals surface area contributed by atoms with Crippen molar-refractivity contribution in [2.24, 2.45) is 0 Å². The molecule has 2 aromatic carbocycles. The van der Waals surface area contributed by atoms with Crippen LogP contribution >= 0.6 is 35.4 Å². The monoisotopic (exact) mass is 382 g/mol. The topological polar surface area (TPSA) is 78.4 Å². The van der Waals surface area contributed by atoms with Gasteiger partial charge in [0, 0.05) is 10.7 Å². The molecule has 0 fully saturated rings. The van der Waals surface area contributed by atoms with Gasteiger partial charge >= 0.3 is 5.97 Å². The summed E-state index contributed by atoms with van der Waals surface area (Å²) in [6, 6.07) is 11.2. The fourth-order valence-corrected chi connectivity index (χ4v) is 2.44. The van der Waals surface area contributed by atoms with Crippen molar-refractivity contribution in [3.8, 4) is 0 Å². The molecule has 0 saturated carbocycles. The highest BCUT2D eigenvalue weighted by Gasteiger charge is 2.11. The zero-order chi connectivity index (χ0) is 17.7. The maximum atomic E-state index is 11.9. The number of carbonyl (C=O) groups is 2. The van der Waals surface area contributed by atoms with Gasteiger partial charge in [0.15, 0.2) is 5.11 Å². The Labute approximate surface area is 153 Å². The molecule has 5 nitrogen and oxygen atoms in total. The van der Waals surface area contributed by atoms with Crippen LogP contribution in [-0.2, 0) is 11.2 Å². The number of hydrogen-bond donors (Lipinski definition) is 3. The van der Waals surface area contributed by atoms with Crippen LogP contribution < -0.4 is 10.6 Å². The van der Waals surface area contributed by atoms with Crippen LogP contribution in [-0.4, -0.2) is 22.1 Å². The Morgan fingerprint density at radius 1 is 1.08 bits per heavy atom. The molecule has 0 saturated heterocycles. The molecule has 0 unspecified atom stereocenters. The average Bonchev–Trinajstić information content (AvgIpc) is 2.51. The number of benzene rings is 2. The number of thiocarbonyl (C=S) groups is 1. The van der Waals surface area contributed by atoms with Crippen molar-refractivity contribution in [3.63, 3.8) is 0 Å². The Morgan fingerprint density at radius 2 is 1.75 bits per heavy atom. The molecule has 24 heavy (non-hydrogen) atoms. The first-order valence-electron chi connectivity index (χ1n) is 6.73. The van der Waals surface area contributed by atoms with Crippen LogP contribution in [0.3, 0.4) is 0 Å². The normalized spacial score (nSPS) is 10.1. The van der Waals surface area contributed by atoms with Crippen LogP contribution in [0.15, 0.2) is 42.5 Å². The van der Waals surface area contributed by atoms with Crippen molar-refractivity contribution in [1.82, 2.24) is 5.32 Å². The van der Waals surface area contributed by atoms with Gasteiger partial charge < -0.3 is 15.7 Å². The second kappa shape index (κ2) is 8.10. The highest BCUT2D eigenvalue weighted by atomic mass is 35.5. The molecule has 0 spiro atoms. The van der Waals surface area contributed by atoms with Gasteiger partial charge in [-0.15, -0.1) is 0 Å². The average molecular weight is 383 g/mol. The third kappa shape index (κ3) is 5.19. The van der Waals surface area contributed by atoms with E-state index in [-0.39, 0.29) is 28.0 Å². The molecular formula is C16H12Cl2N2O3S. The lowest BCUT2D eigenvalue weighted by Crippen LogP contribution is -2.35. The predicted octanol–water partition coefficient (Wildman–Crippen LogP) is 3.75. The zero-order valence-corrected chi connectivity index (χ0v) is 14.5. The zero-order valence-electron chi connectivity index (χ0n) is 12.2. The minimum Gasteiger partial charge on any atom is -0.478 e. The molecule has 0 bridgehead atoms. The van der Waals surface area contributed by atoms with Gasteiger partial charge in [0.1, 0.15) is 0 Å². The predicted molar refractivity (Wildman–Crippen MR) is 97.9 cm³/mol. The van der Waals surface area contributed by atoms with Crippen LogP contribution in [0.4, 0.5) is 5.69 Å². The molecule has 1 amide bonds. The van der Waals surface area contributed by atoms with Gasteiger partial charge in [-0.05, 0) is 48.1 Å². The van der Waals surface area contributed by atoms with Crippen molar-refractivity contribution in [2.45, 2.75) is 6.42 Å². The third-order valence-corrected chi connectivity index (χ3v) is 3.77. The molecule has 2 aromatic rings. The van der Waals surface area contributed by atoms with Gasteiger partial charge in [0.05, 0.1) is 17.0 Å². The Balaban J connectivity index is 1.95. The van der Waals surface area contributed by atoms with Gasteiger partial charge in [-0.1, -0.05) is 35.3 Å². The second-order valence-electron chi connectivity index (χ2n) is 4.81. The summed E-state index contributed by atoms with van der Waals surface area (Å²) in [6.07, 6.45) is 0.139. The summed E-state index contributed by atoms with van der Waals surface area (Å²) in [7, 11) is 0. The molecule has 0 aliphatic carbocycles. The summed E-state index contributed by atoms with van der Waals surface area (Å²) in [6.45, 7) is 0. The molecule has 0 heterocycles. The number of carboxylic acids is 1. The maximum absolute atomic E-state index is 11.9. The molecule has 8 heteroatoms. The summed E-state index contributed by atoms with van der Waals surface area (Å²) >= 11 is 16.6. The lowest BCUT2D eigenvalue weighted by Gasteiger charge is -2.10. The minimum absolute atomic E-state index is 0.0584. The molecule has 0 radical (unpaired) electrons. The Bertz CT molecular complexity index is 794. The number of carboxylic acid groups (broad SMARTS) is 1. The summed E-state index contributed by atoms with van der Waals surface area (Å²) in [5.41, 5.74) is 1.14.